The number of carboxylic acids is 1. The Hall–Kier alpha value is -5.57. The molecule has 1 heterocycles. The number of hydrogen-bond acceptors (Lipinski definition) is 5. The second-order valence-electron chi connectivity index (χ2n) is 13.8. The fraction of sp³-hybridized carbons (Fsp3) is 0.293. The van der Waals surface area contributed by atoms with Crippen LogP contribution in [0.5, 0.6) is 5.75 Å². The molecule has 0 spiro atoms. The van der Waals surface area contributed by atoms with Crippen LogP contribution in [0.15, 0.2) is 103 Å². The normalized spacial score (nSPS) is 13.9. The third-order valence-corrected chi connectivity index (χ3v) is 9.09. The lowest BCUT2D eigenvalue weighted by atomic mass is 9.86. The molecule has 0 saturated heterocycles. The van der Waals surface area contributed by atoms with Gasteiger partial charge in [0.05, 0.1) is 11.6 Å². The van der Waals surface area contributed by atoms with Crippen molar-refractivity contribution in [2.45, 2.75) is 70.6 Å². The Morgan fingerprint density at radius 3 is 2.20 bits per heavy atom. The molecule has 1 atom stereocenters. The molecule has 0 radical (unpaired) electrons. The molecule has 6 rings (SSSR count). The quantitative estimate of drug-likeness (QED) is 0.131. The first-order chi connectivity index (χ1) is 24.0. The average Bonchev–Trinajstić information content (AvgIpc) is 3.77. The minimum atomic E-state index is -1.41. The largest absolute Gasteiger partial charge is 0.490 e. The van der Waals surface area contributed by atoms with Gasteiger partial charge in [0.2, 0.25) is 0 Å². The van der Waals surface area contributed by atoms with Gasteiger partial charge in [0.15, 0.2) is 0 Å². The summed E-state index contributed by atoms with van der Waals surface area (Å²) < 4.78 is 13.2. The van der Waals surface area contributed by atoms with E-state index in [2.05, 4.69) is 61.7 Å². The summed E-state index contributed by atoms with van der Waals surface area (Å²) in [6.45, 7) is 6.18. The summed E-state index contributed by atoms with van der Waals surface area (Å²) in [5, 5.41) is 15.7. The molecule has 258 valence electrons. The molecule has 1 aliphatic carbocycles. The maximum absolute atomic E-state index is 13.8. The van der Waals surface area contributed by atoms with Crippen LogP contribution in [0, 0.1) is 0 Å². The fourth-order valence-electron chi connectivity index (χ4n) is 6.27. The molecule has 0 bridgehead atoms. The topological polar surface area (TPSA) is 119 Å². The van der Waals surface area contributed by atoms with Crippen molar-refractivity contribution in [1.82, 2.24) is 15.2 Å². The van der Waals surface area contributed by atoms with Crippen molar-refractivity contribution in [3.63, 3.8) is 0 Å². The number of carbonyl (C=O) groups is 3. The fourth-order valence-corrected chi connectivity index (χ4v) is 6.27. The molecule has 4 aromatic carbocycles. The maximum atomic E-state index is 13.8. The van der Waals surface area contributed by atoms with E-state index in [0.717, 1.165) is 51.9 Å². The summed E-state index contributed by atoms with van der Waals surface area (Å²) in [6.07, 6.45) is 3.77. The highest BCUT2D eigenvalue weighted by atomic mass is 16.5. The van der Waals surface area contributed by atoms with Crippen molar-refractivity contribution in [2.75, 3.05) is 6.54 Å². The lowest BCUT2D eigenvalue weighted by Gasteiger charge is -2.19. The summed E-state index contributed by atoms with van der Waals surface area (Å²) in [5.41, 5.74) is 5.99. The highest BCUT2D eigenvalue weighted by Crippen LogP contribution is 2.32. The number of amides is 2. The van der Waals surface area contributed by atoms with Gasteiger partial charge in [-0.05, 0) is 95.8 Å². The van der Waals surface area contributed by atoms with Crippen LogP contribution in [-0.4, -0.2) is 46.3 Å². The second-order valence-corrected chi connectivity index (χ2v) is 13.8. The second kappa shape index (κ2) is 14.9. The summed E-state index contributed by atoms with van der Waals surface area (Å²) in [5.74, 6) is -1.02. The summed E-state index contributed by atoms with van der Waals surface area (Å²) >= 11 is 0. The molecule has 9 heteroatoms. The third kappa shape index (κ3) is 8.17. The highest BCUT2D eigenvalue weighted by Gasteiger charge is 2.24. The van der Waals surface area contributed by atoms with Gasteiger partial charge in [0.1, 0.15) is 24.1 Å². The monoisotopic (exact) mass is 673 g/mol. The SMILES string of the molecule is CC(C)(C)c1ccc(-c2ccc3c(c2)cc(C(=O)NCC(NC(=O)OCc2ccccc2)C(=O)O)n3-c2ccc(OC3CCCC3)cc2)cc1. The van der Waals surface area contributed by atoms with Gasteiger partial charge >= 0.3 is 12.1 Å². The Labute approximate surface area is 292 Å². The van der Waals surface area contributed by atoms with E-state index in [4.69, 9.17) is 9.47 Å². The molecule has 0 aliphatic heterocycles. The Bertz CT molecular complexity index is 1950. The van der Waals surface area contributed by atoms with Gasteiger partial charge in [0, 0.05) is 17.6 Å². The molecule has 1 aliphatic rings. The number of carbonyl (C=O) groups excluding carboxylic acids is 2. The Kier molecular flexibility index (Phi) is 10.2. The number of benzene rings is 4. The molecular formula is C41H43N3O6. The molecule has 50 heavy (non-hydrogen) atoms. The zero-order chi connectivity index (χ0) is 35.3. The summed E-state index contributed by atoms with van der Waals surface area (Å²) in [6, 6.07) is 31.7. The number of fused-ring (bicyclic) bond motifs is 1. The highest BCUT2D eigenvalue weighted by molar-refractivity contribution is 6.01. The molecule has 1 unspecified atom stereocenters. The van der Waals surface area contributed by atoms with Crippen molar-refractivity contribution in [3.05, 3.63) is 120 Å². The summed E-state index contributed by atoms with van der Waals surface area (Å²) in [7, 11) is 0. The number of aliphatic carboxylic acids is 1. The standard InChI is InChI=1S/C41H43N3O6/c1-41(2,3)31-16-13-28(14-17-31)29-15-22-36-30(23-29)24-37(44(36)32-18-20-34(21-19-32)50-33-11-7-8-12-33)38(45)42-25-35(39(46)47)43-40(48)49-26-27-9-5-4-6-10-27/h4-6,9-10,13-24,33,35H,7-8,11-12,25-26H2,1-3H3,(H,42,45)(H,43,48)(H,46,47). The van der Waals surface area contributed by atoms with Crippen molar-refractivity contribution in [2.24, 2.45) is 0 Å². The Morgan fingerprint density at radius 1 is 0.860 bits per heavy atom. The number of carboxylic acid groups (broad SMARTS) is 1. The van der Waals surface area contributed by atoms with E-state index >= 15 is 0 Å². The van der Waals surface area contributed by atoms with E-state index < -0.39 is 24.0 Å². The third-order valence-electron chi connectivity index (χ3n) is 9.09. The minimum Gasteiger partial charge on any atom is -0.490 e. The molecule has 2 amide bonds. The van der Waals surface area contributed by atoms with Crippen molar-refractivity contribution in [3.8, 4) is 22.6 Å². The first-order valence-corrected chi connectivity index (χ1v) is 17.1. The maximum Gasteiger partial charge on any atom is 0.408 e. The van der Waals surface area contributed by atoms with Crippen LogP contribution in [0.1, 0.15) is 68.1 Å². The van der Waals surface area contributed by atoms with E-state index in [9.17, 15) is 19.5 Å². The van der Waals surface area contributed by atoms with E-state index in [-0.39, 0.29) is 24.7 Å². The minimum absolute atomic E-state index is 0.0152. The first-order valence-electron chi connectivity index (χ1n) is 17.1. The smallest absolute Gasteiger partial charge is 0.408 e. The number of nitrogens with one attached hydrogen (secondary N) is 2. The first kappa shape index (κ1) is 34.3. The Balaban J connectivity index is 1.25. The number of ether oxygens (including phenoxy) is 2. The predicted molar refractivity (Wildman–Crippen MR) is 194 cm³/mol. The number of nitrogens with zero attached hydrogens (tertiary/aromatic N) is 1. The van der Waals surface area contributed by atoms with E-state index in [0.29, 0.717) is 5.69 Å². The van der Waals surface area contributed by atoms with Crippen LogP contribution in [0.25, 0.3) is 27.7 Å². The van der Waals surface area contributed by atoms with Crippen molar-refractivity contribution in [1.29, 1.82) is 0 Å². The lowest BCUT2D eigenvalue weighted by Crippen LogP contribution is -2.48. The van der Waals surface area contributed by atoms with E-state index in [1.807, 2.05) is 59.2 Å². The molecule has 3 N–H and O–H groups in total. The van der Waals surface area contributed by atoms with Crippen LogP contribution in [0.3, 0.4) is 0 Å². The Morgan fingerprint density at radius 2 is 1.54 bits per heavy atom. The molecule has 1 fully saturated rings. The molecule has 1 saturated carbocycles. The van der Waals surface area contributed by atoms with Gasteiger partial charge in [-0.3, -0.25) is 4.79 Å². The van der Waals surface area contributed by atoms with Crippen LogP contribution in [0.2, 0.25) is 0 Å². The summed E-state index contributed by atoms with van der Waals surface area (Å²) in [4.78, 5) is 38.3. The average molecular weight is 674 g/mol. The van der Waals surface area contributed by atoms with Crippen LogP contribution < -0.4 is 15.4 Å². The van der Waals surface area contributed by atoms with Gasteiger partial charge in [-0.15, -0.1) is 0 Å². The number of alkyl carbamates (subject to hydrolysis) is 1. The molecule has 1 aromatic heterocycles. The van der Waals surface area contributed by atoms with E-state index in [1.165, 1.54) is 18.4 Å². The van der Waals surface area contributed by atoms with Crippen LogP contribution in [-0.2, 0) is 21.6 Å². The van der Waals surface area contributed by atoms with Gasteiger partial charge in [-0.2, -0.15) is 0 Å². The lowest BCUT2D eigenvalue weighted by molar-refractivity contribution is -0.139. The number of aromatic nitrogens is 1. The predicted octanol–water partition coefficient (Wildman–Crippen LogP) is 8.03. The van der Waals surface area contributed by atoms with Gasteiger partial charge in [-0.1, -0.05) is 81.4 Å². The van der Waals surface area contributed by atoms with Crippen molar-refractivity contribution >= 4 is 28.9 Å². The van der Waals surface area contributed by atoms with Crippen LogP contribution in [0.4, 0.5) is 4.79 Å². The van der Waals surface area contributed by atoms with Gasteiger partial charge in [0.25, 0.3) is 5.91 Å². The zero-order valence-corrected chi connectivity index (χ0v) is 28.6. The zero-order valence-electron chi connectivity index (χ0n) is 28.6. The number of rotatable bonds is 11. The molecule has 9 nitrogen and oxygen atoms in total. The van der Waals surface area contributed by atoms with Crippen molar-refractivity contribution < 1.29 is 29.0 Å². The van der Waals surface area contributed by atoms with E-state index in [1.54, 1.807) is 18.2 Å². The van der Waals surface area contributed by atoms with Crippen LogP contribution >= 0.6 is 0 Å². The molecule has 5 aromatic rings. The van der Waals surface area contributed by atoms with Gasteiger partial charge < -0.3 is 29.8 Å². The number of hydrogen-bond donors (Lipinski definition) is 3. The molecular weight excluding hydrogens is 630 g/mol. The van der Waals surface area contributed by atoms with Gasteiger partial charge in [-0.25, -0.2) is 9.59 Å².